The Bertz CT molecular complexity index is 551. The smallest absolute Gasteiger partial charge is 0.384 e. The van der Waals surface area contributed by atoms with Crippen molar-refractivity contribution in [1.82, 2.24) is 14.8 Å². The fourth-order valence-electron chi connectivity index (χ4n) is 1.31. The Hall–Kier alpha value is -1.96. The highest BCUT2D eigenvalue weighted by atomic mass is 79.9. The normalized spacial score (nSPS) is 10.4. The van der Waals surface area contributed by atoms with Crippen molar-refractivity contribution in [3.05, 3.63) is 44.7 Å². The molecule has 0 radical (unpaired) electrons. The molecule has 0 saturated carbocycles. The Kier molecular flexibility index (Phi) is 3.05. The van der Waals surface area contributed by atoms with Crippen LogP contribution in [0.3, 0.4) is 0 Å². The molecule has 0 fully saturated rings. The monoisotopic (exact) mass is 297 g/mol. The van der Waals surface area contributed by atoms with Gasteiger partial charge in [0.15, 0.2) is 0 Å². The molecule has 0 amide bonds. The fraction of sp³-hybridized carbons (Fsp3) is 0.111. The molecule has 0 aromatic carbocycles. The zero-order chi connectivity index (χ0) is 12.4. The van der Waals surface area contributed by atoms with Gasteiger partial charge in [-0.15, -0.1) is 0 Å². The standard InChI is InChI=1S/C9H8BrN5O2/c10-7-5-14(13-9(7)15(16)17)4-6-1-2-8(11)12-3-6/h1-3,5H,4H2,(H2,11,12). The van der Waals surface area contributed by atoms with E-state index in [4.69, 9.17) is 5.73 Å². The first-order valence-corrected chi connectivity index (χ1v) is 5.43. The predicted octanol–water partition coefficient (Wildman–Crippen LogP) is 1.58. The summed E-state index contributed by atoms with van der Waals surface area (Å²) >= 11 is 3.08. The maximum Gasteiger partial charge on any atom is 0.404 e. The van der Waals surface area contributed by atoms with Crippen molar-refractivity contribution in [2.24, 2.45) is 0 Å². The molecule has 2 rings (SSSR count). The van der Waals surface area contributed by atoms with Gasteiger partial charge in [0.25, 0.3) is 0 Å². The van der Waals surface area contributed by atoms with Crippen LogP contribution in [0.1, 0.15) is 5.56 Å². The van der Waals surface area contributed by atoms with E-state index in [0.717, 1.165) is 5.56 Å². The average molecular weight is 298 g/mol. The number of nitrogens with two attached hydrogens (primary N) is 1. The zero-order valence-corrected chi connectivity index (χ0v) is 10.2. The Morgan fingerprint density at radius 2 is 2.29 bits per heavy atom. The summed E-state index contributed by atoms with van der Waals surface area (Å²) in [5.41, 5.74) is 6.32. The number of nitrogen functional groups attached to an aromatic ring is 1. The molecule has 0 saturated heterocycles. The molecular weight excluding hydrogens is 290 g/mol. The van der Waals surface area contributed by atoms with E-state index in [1.54, 1.807) is 24.5 Å². The number of rotatable bonds is 3. The van der Waals surface area contributed by atoms with Crippen LogP contribution in [0.4, 0.5) is 11.6 Å². The summed E-state index contributed by atoms with van der Waals surface area (Å²) < 4.78 is 1.82. The SMILES string of the molecule is Nc1ccc(Cn2cc(Br)c([N+](=O)[O-])n2)cn1. The van der Waals surface area contributed by atoms with Crippen molar-refractivity contribution in [1.29, 1.82) is 0 Å². The molecule has 0 bridgehead atoms. The molecule has 0 aliphatic rings. The van der Waals surface area contributed by atoms with Crippen LogP contribution in [0.5, 0.6) is 0 Å². The maximum absolute atomic E-state index is 10.6. The van der Waals surface area contributed by atoms with Gasteiger partial charge in [-0.1, -0.05) is 6.07 Å². The molecule has 7 nitrogen and oxygen atoms in total. The molecule has 2 aromatic heterocycles. The molecule has 2 heterocycles. The van der Waals surface area contributed by atoms with Crippen molar-refractivity contribution in [3.8, 4) is 0 Å². The van der Waals surface area contributed by atoms with E-state index >= 15 is 0 Å². The Morgan fingerprint density at radius 3 is 2.82 bits per heavy atom. The van der Waals surface area contributed by atoms with Gasteiger partial charge in [0, 0.05) is 6.20 Å². The van der Waals surface area contributed by atoms with Crippen LogP contribution >= 0.6 is 15.9 Å². The molecule has 8 heteroatoms. The number of hydrogen-bond acceptors (Lipinski definition) is 5. The van der Waals surface area contributed by atoms with Gasteiger partial charge in [-0.3, -0.25) is 0 Å². The lowest BCUT2D eigenvalue weighted by atomic mass is 10.3. The van der Waals surface area contributed by atoms with E-state index in [9.17, 15) is 10.1 Å². The van der Waals surface area contributed by atoms with Gasteiger partial charge in [0.05, 0.1) is 17.8 Å². The molecule has 0 aliphatic heterocycles. The molecule has 17 heavy (non-hydrogen) atoms. The minimum Gasteiger partial charge on any atom is -0.384 e. The van der Waals surface area contributed by atoms with Crippen LogP contribution in [0.2, 0.25) is 0 Å². The lowest BCUT2D eigenvalue weighted by Crippen LogP contribution is -2.02. The minimum atomic E-state index is -0.540. The Balaban J connectivity index is 2.22. The van der Waals surface area contributed by atoms with Gasteiger partial charge in [-0.2, -0.15) is 4.68 Å². The molecule has 0 unspecified atom stereocenters. The van der Waals surface area contributed by atoms with Crippen LogP contribution in [-0.4, -0.2) is 19.7 Å². The van der Waals surface area contributed by atoms with Gasteiger partial charge in [-0.25, -0.2) is 4.98 Å². The molecule has 88 valence electrons. The number of pyridine rings is 1. The molecule has 2 aromatic rings. The second kappa shape index (κ2) is 4.50. The Morgan fingerprint density at radius 1 is 1.53 bits per heavy atom. The minimum absolute atomic E-state index is 0.201. The van der Waals surface area contributed by atoms with Gasteiger partial charge in [0.2, 0.25) is 0 Å². The lowest BCUT2D eigenvalue weighted by molar-refractivity contribution is -0.390. The number of hydrogen-bond donors (Lipinski definition) is 1. The van der Waals surface area contributed by atoms with E-state index in [1.165, 1.54) is 4.68 Å². The van der Waals surface area contributed by atoms with Crippen LogP contribution in [0, 0.1) is 10.1 Å². The van der Waals surface area contributed by atoms with E-state index in [0.29, 0.717) is 16.8 Å². The highest BCUT2D eigenvalue weighted by Crippen LogP contribution is 2.22. The van der Waals surface area contributed by atoms with Crippen molar-refractivity contribution >= 4 is 27.6 Å². The second-order valence-electron chi connectivity index (χ2n) is 3.35. The fourth-order valence-corrected chi connectivity index (χ4v) is 1.77. The van der Waals surface area contributed by atoms with Crippen molar-refractivity contribution in [3.63, 3.8) is 0 Å². The summed E-state index contributed by atoms with van der Waals surface area (Å²) in [5, 5.41) is 14.4. The maximum atomic E-state index is 10.6. The van der Waals surface area contributed by atoms with Crippen molar-refractivity contribution < 1.29 is 4.92 Å². The first kappa shape index (κ1) is 11.5. The van der Waals surface area contributed by atoms with Gasteiger partial charge in [0.1, 0.15) is 10.3 Å². The summed E-state index contributed by atoms with van der Waals surface area (Å²) in [6.45, 7) is 0.402. The Labute approximate surface area is 105 Å². The number of aromatic nitrogens is 3. The zero-order valence-electron chi connectivity index (χ0n) is 8.58. The second-order valence-corrected chi connectivity index (χ2v) is 4.20. The summed E-state index contributed by atoms with van der Waals surface area (Å²) in [4.78, 5) is 14.0. The third kappa shape index (κ3) is 2.59. The molecular formula is C9H8BrN5O2. The molecule has 0 atom stereocenters. The van der Waals surface area contributed by atoms with E-state index < -0.39 is 4.92 Å². The van der Waals surface area contributed by atoms with Crippen LogP contribution in [0.15, 0.2) is 29.0 Å². The lowest BCUT2D eigenvalue weighted by Gasteiger charge is -1.97. The first-order valence-electron chi connectivity index (χ1n) is 4.64. The highest BCUT2D eigenvalue weighted by molar-refractivity contribution is 9.10. The van der Waals surface area contributed by atoms with Crippen LogP contribution in [0.25, 0.3) is 0 Å². The van der Waals surface area contributed by atoms with E-state index in [2.05, 4.69) is 26.0 Å². The number of nitro groups is 1. The first-order chi connectivity index (χ1) is 8.06. The van der Waals surface area contributed by atoms with E-state index in [1.807, 2.05) is 0 Å². The van der Waals surface area contributed by atoms with E-state index in [-0.39, 0.29) is 5.82 Å². The average Bonchev–Trinajstić information content (AvgIpc) is 2.63. The summed E-state index contributed by atoms with van der Waals surface area (Å²) in [7, 11) is 0. The predicted molar refractivity (Wildman–Crippen MR) is 64.3 cm³/mol. The number of halogens is 1. The van der Waals surface area contributed by atoms with Crippen LogP contribution < -0.4 is 5.73 Å². The molecule has 2 N–H and O–H groups in total. The largest absolute Gasteiger partial charge is 0.404 e. The summed E-state index contributed by atoms with van der Waals surface area (Å²) in [5.74, 6) is 0.231. The summed E-state index contributed by atoms with van der Waals surface area (Å²) in [6, 6.07) is 3.46. The van der Waals surface area contributed by atoms with Crippen molar-refractivity contribution in [2.75, 3.05) is 5.73 Å². The quantitative estimate of drug-likeness (QED) is 0.685. The third-order valence-electron chi connectivity index (χ3n) is 2.06. The summed E-state index contributed by atoms with van der Waals surface area (Å²) in [6.07, 6.45) is 3.16. The van der Waals surface area contributed by atoms with Gasteiger partial charge in [-0.05, 0) is 32.5 Å². The number of anilines is 1. The van der Waals surface area contributed by atoms with Crippen LogP contribution in [-0.2, 0) is 6.54 Å². The number of nitrogens with zero attached hydrogens (tertiary/aromatic N) is 4. The molecule has 0 spiro atoms. The molecule has 0 aliphatic carbocycles. The topological polar surface area (TPSA) is 99.9 Å². The van der Waals surface area contributed by atoms with Crippen molar-refractivity contribution in [2.45, 2.75) is 6.54 Å². The van der Waals surface area contributed by atoms with Gasteiger partial charge >= 0.3 is 5.82 Å². The third-order valence-corrected chi connectivity index (χ3v) is 2.62. The van der Waals surface area contributed by atoms with Gasteiger partial charge < -0.3 is 15.8 Å². The highest BCUT2D eigenvalue weighted by Gasteiger charge is 2.18.